The van der Waals surface area contributed by atoms with Crippen LogP contribution in [0.25, 0.3) is 0 Å². The average Bonchev–Trinajstić information content (AvgIpc) is 2.97. The Kier molecular flexibility index (Phi) is 5.13. The number of para-hydroxylation sites is 1. The zero-order chi connectivity index (χ0) is 16.2. The topological polar surface area (TPSA) is 41.1 Å². The molecule has 1 aromatic heterocycles. The van der Waals surface area contributed by atoms with Crippen molar-refractivity contribution in [2.75, 3.05) is 11.9 Å². The largest absolute Gasteiger partial charge is 0.321 e. The van der Waals surface area contributed by atoms with Gasteiger partial charge in [-0.1, -0.05) is 32.0 Å². The molecule has 1 aliphatic rings. The van der Waals surface area contributed by atoms with Gasteiger partial charge in [0.05, 0.1) is 4.88 Å². The van der Waals surface area contributed by atoms with Gasteiger partial charge in [-0.05, 0) is 55.0 Å². The first-order valence-corrected chi connectivity index (χ1v) is 9.20. The number of carbonyl (C=O) groups excluding carboxylic acids is 1. The minimum Gasteiger partial charge on any atom is -0.321 e. The Labute approximate surface area is 142 Å². The van der Waals surface area contributed by atoms with Crippen molar-refractivity contribution in [3.05, 3.63) is 51.2 Å². The van der Waals surface area contributed by atoms with Crippen LogP contribution in [-0.2, 0) is 19.4 Å². The minimum absolute atomic E-state index is 0.0148. The normalized spacial score (nSPS) is 16.9. The van der Waals surface area contributed by atoms with Crippen molar-refractivity contribution in [3.63, 3.8) is 0 Å². The molecule has 1 amide bonds. The maximum Gasteiger partial charge on any atom is 0.265 e. The first-order valence-electron chi connectivity index (χ1n) is 8.39. The molecule has 1 atom stereocenters. The molecule has 0 spiro atoms. The fourth-order valence-corrected chi connectivity index (χ4v) is 4.16. The molecule has 4 heteroatoms. The lowest BCUT2D eigenvalue weighted by molar-refractivity contribution is 0.103. The summed E-state index contributed by atoms with van der Waals surface area (Å²) in [7, 11) is 0. The van der Waals surface area contributed by atoms with Gasteiger partial charge in [0.1, 0.15) is 0 Å². The second-order valence-corrected chi connectivity index (χ2v) is 7.44. The highest BCUT2D eigenvalue weighted by atomic mass is 32.1. The lowest BCUT2D eigenvalue weighted by Crippen LogP contribution is -2.16. The number of thiophene rings is 1. The molecular weight excluding hydrogens is 304 g/mol. The summed E-state index contributed by atoms with van der Waals surface area (Å²) in [4.78, 5) is 14.9. The van der Waals surface area contributed by atoms with Crippen molar-refractivity contribution in [3.8, 4) is 0 Å². The van der Waals surface area contributed by atoms with Gasteiger partial charge in [-0.15, -0.1) is 11.3 Å². The molecule has 0 aliphatic heterocycles. The van der Waals surface area contributed by atoms with E-state index < -0.39 is 0 Å². The van der Waals surface area contributed by atoms with Gasteiger partial charge in [-0.3, -0.25) is 4.79 Å². The molecule has 23 heavy (non-hydrogen) atoms. The highest BCUT2D eigenvalue weighted by Crippen LogP contribution is 2.32. The van der Waals surface area contributed by atoms with Crippen LogP contribution in [0.1, 0.15) is 45.9 Å². The summed E-state index contributed by atoms with van der Waals surface area (Å²) in [6.07, 6.45) is 3.46. The average molecular weight is 328 g/mol. The lowest BCUT2D eigenvalue weighted by Gasteiger charge is -2.16. The number of hydrogen-bond acceptors (Lipinski definition) is 3. The van der Waals surface area contributed by atoms with Gasteiger partial charge in [-0.2, -0.15) is 0 Å². The molecule has 1 heterocycles. The molecule has 122 valence electrons. The fourth-order valence-electron chi connectivity index (χ4n) is 3.06. The van der Waals surface area contributed by atoms with Crippen LogP contribution in [0.3, 0.4) is 0 Å². The Hall–Kier alpha value is -1.65. The SMILES string of the molecule is CCNCc1ccccc1NC(=O)c1cc2c(s1)CCC(C)C2. The van der Waals surface area contributed by atoms with E-state index in [4.69, 9.17) is 0 Å². The molecule has 0 saturated carbocycles. The highest BCUT2D eigenvalue weighted by molar-refractivity contribution is 7.14. The molecular formula is C19H24N2OS. The first-order chi connectivity index (χ1) is 11.2. The summed E-state index contributed by atoms with van der Waals surface area (Å²) in [5.74, 6) is 0.745. The summed E-state index contributed by atoms with van der Waals surface area (Å²) < 4.78 is 0. The van der Waals surface area contributed by atoms with E-state index >= 15 is 0 Å². The Bertz CT molecular complexity index is 692. The van der Waals surface area contributed by atoms with Crippen molar-refractivity contribution in [1.82, 2.24) is 5.32 Å². The predicted molar refractivity (Wildman–Crippen MR) is 97.3 cm³/mol. The Morgan fingerprint density at radius 1 is 1.35 bits per heavy atom. The van der Waals surface area contributed by atoms with Gasteiger partial charge < -0.3 is 10.6 Å². The Morgan fingerprint density at radius 3 is 3.00 bits per heavy atom. The van der Waals surface area contributed by atoms with Gasteiger partial charge in [-0.25, -0.2) is 0 Å². The number of benzene rings is 1. The van der Waals surface area contributed by atoms with Crippen LogP contribution < -0.4 is 10.6 Å². The fraction of sp³-hybridized carbons (Fsp3) is 0.421. The van der Waals surface area contributed by atoms with Crippen molar-refractivity contribution in [1.29, 1.82) is 0 Å². The third kappa shape index (κ3) is 3.82. The van der Waals surface area contributed by atoms with Crippen LogP contribution in [0.15, 0.2) is 30.3 Å². The number of nitrogens with one attached hydrogen (secondary N) is 2. The standard InChI is InChI=1S/C19H24N2OS/c1-3-20-12-14-6-4-5-7-16(14)21-19(22)18-11-15-10-13(2)8-9-17(15)23-18/h4-7,11,13,20H,3,8-10,12H2,1-2H3,(H,21,22). The number of rotatable bonds is 5. The van der Waals surface area contributed by atoms with Crippen LogP contribution >= 0.6 is 11.3 Å². The van der Waals surface area contributed by atoms with Crippen molar-refractivity contribution >= 4 is 22.9 Å². The van der Waals surface area contributed by atoms with Crippen molar-refractivity contribution in [2.45, 2.75) is 39.7 Å². The summed E-state index contributed by atoms with van der Waals surface area (Å²) in [6, 6.07) is 10.1. The maximum absolute atomic E-state index is 12.6. The van der Waals surface area contributed by atoms with E-state index in [1.807, 2.05) is 18.2 Å². The third-order valence-electron chi connectivity index (χ3n) is 4.38. The molecule has 3 nitrogen and oxygen atoms in total. The summed E-state index contributed by atoms with van der Waals surface area (Å²) in [6.45, 7) is 6.05. The van der Waals surface area contributed by atoms with E-state index in [1.54, 1.807) is 11.3 Å². The second-order valence-electron chi connectivity index (χ2n) is 6.30. The molecule has 0 radical (unpaired) electrons. The van der Waals surface area contributed by atoms with Gasteiger partial charge in [0.2, 0.25) is 0 Å². The monoisotopic (exact) mass is 328 g/mol. The van der Waals surface area contributed by atoms with Gasteiger partial charge in [0.15, 0.2) is 0 Å². The molecule has 0 fully saturated rings. The van der Waals surface area contributed by atoms with Crippen molar-refractivity contribution in [2.24, 2.45) is 5.92 Å². The number of fused-ring (bicyclic) bond motifs is 1. The third-order valence-corrected chi connectivity index (χ3v) is 5.62. The number of hydrogen-bond donors (Lipinski definition) is 2. The quantitative estimate of drug-likeness (QED) is 0.862. The molecule has 1 aromatic carbocycles. The van der Waals surface area contributed by atoms with E-state index in [1.165, 1.54) is 16.9 Å². The molecule has 0 saturated heterocycles. The van der Waals surface area contributed by atoms with E-state index in [9.17, 15) is 4.79 Å². The molecule has 2 aromatic rings. The number of carbonyl (C=O) groups is 1. The molecule has 2 N–H and O–H groups in total. The van der Waals surface area contributed by atoms with E-state index in [0.29, 0.717) is 0 Å². The highest BCUT2D eigenvalue weighted by Gasteiger charge is 2.21. The minimum atomic E-state index is 0.0148. The number of aryl methyl sites for hydroxylation is 1. The van der Waals surface area contributed by atoms with E-state index in [0.717, 1.165) is 48.0 Å². The van der Waals surface area contributed by atoms with Gasteiger partial charge >= 0.3 is 0 Å². The van der Waals surface area contributed by atoms with Crippen LogP contribution in [0.4, 0.5) is 5.69 Å². The van der Waals surface area contributed by atoms with Crippen LogP contribution in [0.2, 0.25) is 0 Å². The second kappa shape index (κ2) is 7.28. The molecule has 1 unspecified atom stereocenters. The van der Waals surface area contributed by atoms with E-state index in [2.05, 4.69) is 36.6 Å². The molecule has 1 aliphatic carbocycles. The summed E-state index contributed by atoms with van der Waals surface area (Å²) >= 11 is 1.66. The maximum atomic E-state index is 12.6. The van der Waals surface area contributed by atoms with Crippen LogP contribution in [0.5, 0.6) is 0 Å². The zero-order valence-electron chi connectivity index (χ0n) is 13.8. The van der Waals surface area contributed by atoms with Gasteiger partial charge in [0.25, 0.3) is 5.91 Å². The van der Waals surface area contributed by atoms with Crippen LogP contribution in [0, 0.1) is 5.92 Å². The summed E-state index contributed by atoms with van der Waals surface area (Å²) in [5.41, 5.74) is 3.40. The number of anilines is 1. The van der Waals surface area contributed by atoms with Crippen molar-refractivity contribution < 1.29 is 4.79 Å². The first kappa shape index (κ1) is 16.2. The predicted octanol–water partition coefficient (Wildman–Crippen LogP) is 4.23. The van der Waals surface area contributed by atoms with Gasteiger partial charge in [0, 0.05) is 17.1 Å². The summed E-state index contributed by atoms with van der Waals surface area (Å²) in [5, 5.41) is 6.40. The molecule has 3 rings (SSSR count). The van der Waals surface area contributed by atoms with Crippen LogP contribution in [-0.4, -0.2) is 12.5 Å². The van der Waals surface area contributed by atoms with E-state index in [-0.39, 0.29) is 5.91 Å². The smallest absolute Gasteiger partial charge is 0.265 e. The Balaban J connectivity index is 1.75. The lowest BCUT2D eigenvalue weighted by atomic mass is 9.90. The number of amides is 1. The molecule has 0 bridgehead atoms. The Morgan fingerprint density at radius 2 is 2.17 bits per heavy atom. The zero-order valence-corrected chi connectivity index (χ0v) is 14.6.